The van der Waals surface area contributed by atoms with Crippen LogP contribution in [-0.2, 0) is 31.0 Å². The summed E-state index contributed by atoms with van der Waals surface area (Å²) in [6.45, 7) is 9.52. The van der Waals surface area contributed by atoms with Gasteiger partial charge < -0.3 is 47.5 Å². The molecular formula is C46H55N9O7. The monoisotopic (exact) mass is 845 g/mol. The van der Waals surface area contributed by atoms with Crippen molar-refractivity contribution in [3.05, 3.63) is 101 Å². The third-order valence-electron chi connectivity index (χ3n) is 10.6. The summed E-state index contributed by atoms with van der Waals surface area (Å²) in [6.07, 6.45) is -0.0191. The third kappa shape index (κ3) is 10.9. The van der Waals surface area contributed by atoms with Crippen LogP contribution >= 0.6 is 0 Å². The number of nitrogens with zero attached hydrogens (tertiary/aromatic N) is 3. The van der Waals surface area contributed by atoms with Crippen molar-refractivity contribution in [3.8, 4) is 40.0 Å². The Morgan fingerprint density at radius 3 is 2.35 bits per heavy atom. The molecule has 0 fully saturated rings. The number of pyridine rings is 1. The maximum absolute atomic E-state index is 14.5. The number of aromatic hydroxyl groups is 1. The number of nitriles is 1. The number of phenolic OH excluding ortho intramolecular Hbond substituents is 1. The molecule has 1 aliphatic rings. The first-order valence-corrected chi connectivity index (χ1v) is 20.4. The van der Waals surface area contributed by atoms with Crippen molar-refractivity contribution in [1.82, 2.24) is 31.2 Å². The number of hydrogen-bond donors (Lipinski definition) is 7. The average molecular weight is 846 g/mol. The zero-order valence-corrected chi connectivity index (χ0v) is 35.9. The lowest BCUT2D eigenvalue weighted by Gasteiger charge is -2.32. The fourth-order valence-electron chi connectivity index (χ4n) is 7.18. The SMILES string of the molecule is Cc1nc(-c2ccc(C(C)(C)C)cc2)ccc1C(=O)N[C@@H](CCN)C(=O)N(C)[C@@H]1C(=O)N[C@@H](C)C(=O)N[C@H](C(=O)NCC#N)Cc2ccc(O)c(c2)-c2cc1ccc2OCCN. The topological polar surface area (TPSA) is 255 Å². The van der Waals surface area contributed by atoms with E-state index in [9.17, 15) is 29.1 Å². The molecule has 0 saturated carbocycles. The first-order chi connectivity index (χ1) is 29.5. The van der Waals surface area contributed by atoms with Crippen LogP contribution in [0.1, 0.15) is 72.9 Å². The minimum atomic E-state index is -1.41. The van der Waals surface area contributed by atoms with E-state index in [1.54, 1.807) is 49.4 Å². The molecule has 4 bridgehead atoms. The number of hydrogen-bond acceptors (Lipinski definition) is 11. The highest BCUT2D eigenvalue weighted by Crippen LogP contribution is 2.39. The van der Waals surface area contributed by atoms with Crippen molar-refractivity contribution in [2.24, 2.45) is 11.5 Å². The zero-order chi connectivity index (χ0) is 45.3. The molecule has 3 aromatic carbocycles. The van der Waals surface area contributed by atoms with Crippen LogP contribution in [0.3, 0.4) is 0 Å². The molecular weight excluding hydrogens is 791 g/mol. The highest BCUT2D eigenvalue weighted by atomic mass is 16.5. The summed E-state index contributed by atoms with van der Waals surface area (Å²) in [7, 11) is 1.40. The average Bonchev–Trinajstić information content (AvgIpc) is 3.24. The minimum Gasteiger partial charge on any atom is -0.507 e. The molecule has 1 aliphatic heterocycles. The first kappa shape index (κ1) is 46.2. The van der Waals surface area contributed by atoms with E-state index >= 15 is 0 Å². The summed E-state index contributed by atoms with van der Waals surface area (Å²) < 4.78 is 5.97. The zero-order valence-electron chi connectivity index (χ0n) is 35.9. The number of aryl methyl sites for hydroxylation is 1. The number of carbonyl (C=O) groups is 5. The summed E-state index contributed by atoms with van der Waals surface area (Å²) in [4.78, 5) is 75.4. The van der Waals surface area contributed by atoms with E-state index in [0.29, 0.717) is 28.3 Å². The van der Waals surface area contributed by atoms with Gasteiger partial charge >= 0.3 is 0 Å². The van der Waals surface area contributed by atoms with Gasteiger partial charge in [0.15, 0.2) is 0 Å². The number of phenols is 1. The predicted molar refractivity (Wildman–Crippen MR) is 234 cm³/mol. The lowest BCUT2D eigenvalue weighted by atomic mass is 9.86. The molecule has 62 heavy (non-hydrogen) atoms. The van der Waals surface area contributed by atoms with Crippen molar-refractivity contribution < 1.29 is 33.8 Å². The molecule has 16 heteroatoms. The lowest BCUT2D eigenvalue weighted by Crippen LogP contribution is -2.56. The number of nitrogens with one attached hydrogen (secondary N) is 4. The minimum absolute atomic E-state index is 0.00931. The Hall–Kier alpha value is -6.83. The van der Waals surface area contributed by atoms with Gasteiger partial charge in [-0.3, -0.25) is 29.0 Å². The van der Waals surface area contributed by atoms with E-state index in [4.69, 9.17) is 26.5 Å². The Morgan fingerprint density at radius 2 is 1.71 bits per heavy atom. The fourth-order valence-corrected chi connectivity index (χ4v) is 7.18. The van der Waals surface area contributed by atoms with E-state index < -0.39 is 53.7 Å². The van der Waals surface area contributed by atoms with Gasteiger partial charge in [-0.25, -0.2) is 0 Å². The number of amides is 5. The predicted octanol–water partition coefficient (Wildman–Crippen LogP) is 2.90. The van der Waals surface area contributed by atoms with E-state index in [-0.39, 0.29) is 66.9 Å². The summed E-state index contributed by atoms with van der Waals surface area (Å²) >= 11 is 0. The number of nitrogens with two attached hydrogens (primary N) is 2. The molecule has 0 aliphatic carbocycles. The lowest BCUT2D eigenvalue weighted by molar-refractivity contribution is -0.141. The normalized spacial score (nSPS) is 17.0. The second kappa shape index (κ2) is 20.2. The van der Waals surface area contributed by atoms with Gasteiger partial charge in [0.25, 0.3) is 5.91 Å². The van der Waals surface area contributed by atoms with Gasteiger partial charge in [0, 0.05) is 36.7 Å². The summed E-state index contributed by atoms with van der Waals surface area (Å²) in [5, 5.41) is 30.9. The molecule has 326 valence electrons. The molecule has 0 radical (unpaired) electrons. The number of fused-ring (bicyclic) bond motifs is 5. The van der Waals surface area contributed by atoms with Crippen molar-refractivity contribution in [2.45, 2.75) is 77.0 Å². The van der Waals surface area contributed by atoms with Crippen LogP contribution in [0.15, 0.2) is 72.8 Å². The van der Waals surface area contributed by atoms with Crippen molar-refractivity contribution >= 4 is 29.5 Å². The van der Waals surface area contributed by atoms with Gasteiger partial charge in [0.2, 0.25) is 23.6 Å². The van der Waals surface area contributed by atoms with Gasteiger partial charge in [-0.05, 0) is 85.3 Å². The van der Waals surface area contributed by atoms with Crippen LogP contribution in [-0.4, -0.2) is 95.9 Å². The van der Waals surface area contributed by atoms with E-state index in [2.05, 4.69) is 54.2 Å². The van der Waals surface area contributed by atoms with Gasteiger partial charge in [-0.2, -0.15) is 5.26 Å². The second-order valence-corrected chi connectivity index (χ2v) is 16.2. The number of aromatic nitrogens is 1. The van der Waals surface area contributed by atoms with Crippen LogP contribution in [0.2, 0.25) is 0 Å². The molecule has 4 atom stereocenters. The van der Waals surface area contributed by atoms with Gasteiger partial charge in [-0.15, -0.1) is 0 Å². The Balaban J connectivity index is 1.52. The molecule has 0 saturated heterocycles. The molecule has 0 spiro atoms. The molecule has 2 heterocycles. The Kier molecular flexibility index (Phi) is 15.0. The molecule has 9 N–H and O–H groups in total. The van der Waals surface area contributed by atoms with E-state index in [1.165, 1.54) is 25.6 Å². The van der Waals surface area contributed by atoms with Gasteiger partial charge in [-0.1, -0.05) is 57.2 Å². The Bertz CT molecular complexity index is 2350. The maximum atomic E-state index is 14.5. The molecule has 5 amide bonds. The number of carbonyl (C=O) groups excluding carboxylic acids is 5. The van der Waals surface area contributed by atoms with E-state index in [1.807, 2.05) is 18.2 Å². The number of benzene rings is 3. The quantitative estimate of drug-likeness (QED) is 0.102. The van der Waals surface area contributed by atoms with Crippen LogP contribution < -0.4 is 37.5 Å². The molecule has 4 aromatic rings. The first-order valence-electron chi connectivity index (χ1n) is 20.4. The van der Waals surface area contributed by atoms with Crippen LogP contribution in [0, 0.1) is 18.3 Å². The highest BCUT2D eigenvalue weighted by Gasteiger charge is 2.36. The van der Waals surface area contributed by atoms with Crippen LogP contribution in [0.5, 0.6) is 11.5 Å². The van der Waals surface area contributed by atoms with Crippen LogP contribution in [0.25, 0.3) is 22.4 Å². The fraction of sp³-hybridized carbons (Fsp3) is 0.370. The van der Waals surface area contributed by atoms with Gasteiger partial charge in [0.1, 0.15) is 48.8 Å². The number of ether oxygens (including phenoxy) is 1. The standard InChI is InChI=1S/C46H55N9O7/c1-26-32(13-14-35(51-26)29-8-11-31(12-9-29)46(3,4)5)42(58)53-36(17-18-47)45(61)55(6)40-30-10-16-39(62-22-20-49)34(25-30)33-23-28(7-15-38(33)56)24-37(43(59)50-21-19-48)54-41(57)27(2)52-44(40)60/h7-16,23,25,27,36-37,40,56H,17-18,20-22,24,47,49H2,1-6H3,(H,50,59)(H,52,60)(H,53,58)(H,54,57)/t27-,36-,37-,40-/m0/s1. The molecule has 16 nitrogen and oxygen atoms in total. The maximum Gasteiger partial charge on any atom is 0.253 e. The second-order valence-electron chi connectivity index (χ2n) is 16.2. The molecule has 5 rings (SSSR count). The van der Waals surface area contributed by atoms with Crippen molar-refractivity contribution in [2.75, 3.05) is 33.3 Å². The summed E-state index contributed by atoms with van der Waals surface area (Å²) in [6, 6.07) is 17.7. The number of likely N-dealkylation sites (N-methyl/N-ethyl adjacent to an activating group) is 1. The largest absolute Gasteiger partial charge is 0.507 e. The molecule has 1 aromatic heterocycles. The Morgan fingerprint density at radius 1 is 0.984 bits per heavy atom. The smallest absolute Gasteiger partial charge is 0.253 e. The van der Waals surface area contributed by atoms with Crippen molar-refractivity contribution in [1.29, 1.82) is 5.26 Å². The van der Waals surface area contributed by atoms with Crippen molar-refractivity contribution in [3.63, 3.8) is 0 Å². The van der Waals surface area contributed by atoms with E-state index in [0.717, 1.165) is 10.5 Å². The molecule has 0 unspecified atom stereocenters. The summed E-state index contributed by atoms with van der Waals surface area (Å²) in [5.74, 6) is -3.21. The Labute approximate surface area is 361 Å². The van der Waals surface area contributed by atoms with Gasteiger partial charge in [0.05, 0.1) is 23.0 Å². The highest BCUT2D eigenvalue weighted by molar-refractivity contribution is 6.00. The third-order valence-corrected chi connectivity index (χ3v) is 10.6. The summed E-state index contributed by atoms with van der Waals surface area (Å²) in [5.41, 5.74) is 16.6. The van der Waals surface area contributed by atoms with Crippen LogP contribution in [0.4, 0.5) is 0 Å². The number of rotatable bonds is 12.